The Morgan fingerprint density at radius 1 is 1.31 bits per heavy atom. The van der Waals surface area contributed by atoms with Gasteiger partial charge >= 0.3 is 0 Å². The minimum absolute atomic E-state index is 0.286. The molecule has 6 nitrogen and oxygen atoms in total. The fraction of sp³-hybridized carbons (Fsp3) is 0.429. The topological polar surface area (TPSA) is 86.2 Å². The third-order valence-electron chi connectivity index (χ3n) is 4.55. The molecule has 0 aromatic heterocycles. The van der Waals surface area contributed by atoms with E-state index in [1.54, 1.807) is 19.1 Å². The summed E-state index contributed by atoms with van der Waals surface area (Å²) in [6, 6.07) is 5.41. The van der Waals surface area contributed by atoms with Gasteiger partial charge in [-0.3, -0.25) is 4.79 Å². The molecular weight excluding hydrogens is 411 g/mol. The first kappa shape index (κ1) is 23.3. The Hall–Kier alpha value is -2.02. The van der Waals surface area contributed by atoms with Crippen molar-refractivity contribution in [3.8, 4) is 0 Å². The Bertz CT molecular complexity index is 787. The largest absolute Gasteiger partial charge is 0.381 e. The maximum atomic E-state index is 12.9. The van der Waals surface area contributed by atoms with Crippen LogP contribution in [-0.4, -0.2) is 31.9 Å². The number of carbonyl (C=O) groups is 1. The molecule has 0 saturated carbocycles. The molecule has 1 aliphatic heterocycles. The van der Waals surface area contributed by atoms with Gasteiger partial charge in [0, 0.05) is 31.8 Å². The van der Waals surface area contributed by atoms with E-state index in [4.69, 9.17) is 33.3 Å². The lowest BCUT2D eigenvalue weighted by Crippen LogP contribution is -2.38. The second-order valence-corrected chi connectivity index (χ2v) is 7.71. The van der Waals surface area contributed by atoms with Crippen LogP contribution in [0.4, 0.5) is 0 Å². The van der Waals surface area contributed by atoms with Crippen LogP contribution in [0.25, 0.3) is 0 Å². The third kappa shape index (κ3) is 7.38. The van der Waals surface area contributed by atoms with Crippen molar-refractivity contribution < 1.29 is 9.53 Å². The molecule has 0 bridgehead atoms. The first-order valence-corrected chi connectivity index (χ1v) is 10.4. The van der Waals surface area contributed by atoms with Crippen molar-refractivity contribution in [2.75, 3.05) is 19.8 Å². The molecule has 1 saturated heterocycles. The summed E-state index contributed by atoms with van der Waals surface area (Å²) in [5.41, 5.74) is 1.91. The van der Waals surface area contributed by atoms with Crippen molar-refractivity contribution in [3.63, 3.8) is 0 Å². The monoisotopic (exact) mass is 438 g/mol. The van der Waals surface area contributed by atoms with Crippen LogP contribution < -0.4 is 16.0 Å². The second-order valence-electron chi connectivity index (χ2n) is 6.90. The van der Waals surface area contributed by atoms with Gasteiger partial charge in [-0.05, 0) is 49.1 Å². The smallest absolute Gasteiger partial charge is 0.273 e. The molecule has 0 spiro atoms. The summed E-state index contributed by atoms with van der Waals surface area (Å²) < 4.78 is 5.38. The molecule has 1 aromatic carbocycles. The van der Waals surface area contributed by atoms with Gasteiger partial charge in [0.25, 0.3) is 5.91 Å². The van der Waals surface area contributed by atoms with Crippen LogP contribution in [0.1, 0.15) is 32.3 Å². The molecule has 1 fully saturated rings. The van der Waals surface area contributed by atoms with Crippen molar-refractivity contribution in [2.24, 2.45) is 5.92 Å². The molecule has 1 amide bonds. The minimum atomic E-state index is -0.286. The van der Waals surface area contributed by atoms with Crippen LogP contribution >= 0.6 is 23.2 Å². The van der Waals surface area contributed by atoms with Crippen molar-refractivity contribution >= 4 is 35.3 Å². The van der Waals surface area contributed by atoms with Crippen LogP contribution in [-0.2, 0) is 16.1 Å². The highest BCUT2D eigenvalue weighted by atomic mass is 35.5. The highest BCUT2D eigenvalue weighted by Gasteiger charge is 2.19. The van der Waals surface area contributed by atoms with Gasteiger partial charge in [-0.15, -0.1) is 0 Å². The van der Waals surface area contributed by atoms with Crippen molar-refractivity contribution in [3.05, 3.63) is 57.0 Å². The van der Waals surface area contributed by atoms with Gasteiger partial charge in [0.2, 0.25) is 0 Å². The summed E-state index contributed by atoms with van der Waals surface area (Å²) in [6.45, 7) is 6.30. The van der Waals surface area contributed by atoms with Crippen LogP contribution in [0.5, 0.6) is 0 Å². The van der Waals surface area contributed by atoms with Gasteiger partial charge < -0.3 is 26.1 Å². The number of rotatable bonds is 10. The summed E-state index contributed by atoms with van der Waals surface area (Å²) in [5.74, 6) is 0.686. The van der Waals surface area contributed by atoms with Crippen LogP contribution in [0, 0.1) is 11.3 Å². The van der Waals surface area contributed by atoms with Crippen molar-refractivity contribution in [1.29, 1.82) is 5.41 Å². The molecule has 1 aromatic rings. The normalized spacial score (nSPS) is 17.5. The molecule has 1 heterocycles. The van der Waals surface area contributed by atoms with Crippen molar-refractivity contribution in [2.45, 2.75) is 33.2 Å². The molecular formula is C21H28Cl2N4O2. The van der Waals surface area contributed by atoms with Crippen LogP contribution in [0.15, 0.2) is 41.4 Å². The molecule has 4 N–H and O–H groups in total. The number of halogens is 2. The number of carbonyl (C=O) groups excluding carboxylic acids is 1. The fourth-order valence-corrected chi connectivity index (χ4v) is 3.19. The van der Waals surface area contributed by atoms with E-state index in [1.807, 2.05) is 19.1 Å². The maximum Gasteiger partial charge on any atom is 0.273 e. The van der Waals surface area contributed by atoms with E-state index in [1.165, 1.54) is 6.21 Å². The van der Waals surface area contributed by atoms with Gasteiger partial charge in [0.15, 0.2) is 0 Å². The molecule has 1 aliphatic rings. The second kappa shape index (κ2) is 11.9. The lowest BCUT2D eigenvalue weighted by molar-refractivity contribution is -0.117. The van der Waals surface area contributed by atoms with E-state index in [-0.39, 0.29) is 5.91 Å². The van der Waals surface area contributed by atoms with E-state index in [9.17, 15) is 4.79 Å². The SMILES string of the molecule is CC/C=C(\NCc1ccc(Cl)c(Cl)c1)NC(=O)/C(NCC1CCOC1)=C(\C)C=N. The quantitative estimate of drug-likeness (QED) is 0.328. The predicted octanol–water partition coefficient (Wildman–Crippen LogP) is 4.00. The summed E-state index contributed by atoms with van der Waals surface area (Å²) in [6.07, 6.45) is 4.80. The number of hydrogen-bond donors (Lipinski definition) is 4. The van der Waals surface area contributed by atoms with E-state index >= 15 is 0 Å². The highest BCUT2D eigenvalue weighted by molar-refractivity contribution is 6.42. The Balaban J connectivity index is 2.01. The van der Waals surface area contributed by atoms with Gasteiger partial charge in [-0.2, -0.15) is 0 Å². The summed E-state index contributed by atoms with van der Waals surface area (Å²) in [4.78, 5) is 12.9. The molecule has 8 heteroatoms. The lowest BCUT2D eigenvalue weighted by atomic mass is 10.1. The first-order valence-electron chi connectivity index (χ1n) is 9.66. The zero-order valence-electron chi connectivity index (χ0n) is 16.8. The molecule has 2 rings (SSSR count). The summed E-state index contributed by atoms with van der Waals surface area (Å²) >= 11 is 12.0. The zero-order chi connectivity index (χ0) is 21.2. The molecule has 1 atom stereocenters. The van der Waals surface area contributed by atoms with Gasteiger partial charge in [0.05, 0.1) is 16.7 Å². The van der Waals surface area contributed by atoms with Gasteiger partial charge in [-0.1, -0.05) is 36.2 Å². The first-order chi connectivity index (χ1) is 13.9. The van der Waals surface area contributed by atoms with E-state index in [2.05, 4.69) is 16.0 Å². The van der Waals surface area contributed by atoms with E-state index in [0.717, 1.165) is 25.0 Å². The number of ether oxygens (including phenoxy) is 1. The average Bonchev–Trinajstić information content (AvgIpc) is 3.22. The molecule has 0 radical (unpaired) electrons. The minimum Gasteiger partial charge on any atom is -0.381 e. The lowest BCUT2D eigenvalue weighted by Gasteiger charge is -2.18. The number of nitrogens with one attached hydrogen (secondary N) is 4. The maximum absolute atomic E-state index is 12.9. The Morgan fingerprint density at radius 3 is 2.72 bits per heavy atom. The highest BCUT2D eigenvalue weighted by Crippen LogP contribution is 2.22. The Labute approximate surface area is 182 Å². The van der Waals surface area contributed by atoms with Crippen molar-refractivity contribution in [1.82, 2.24) is 16.0 Å². The number of amides is 1. The molecule has 158 valence electrons. The molecule has 1 unspecified atom stereocenters. The number of allylic oxidation sites excluding steroid dienone is 2. The summed E-state index contributed by atoms with van der Waals surface area (Å²) in [7, 11) is 0. The number of hydrogen-bond acceptors (Lipinski definition) is 5. The zero-order valence-corrected chi connectivity index (χ0v) is 18.3. The van der Waals surface area contributed by atoms with E-state index < -0.39 is 0 Å². The Morgan fingerprint density at radius 2 is 2.10 bits per heavy atom. The fourth-order valence-electron chi connectivity index (χ4n) is 2.86. The predicted molar refractivity (Wildman–Crippen MR) is 118 cm³/mol. The van der Waals surface area contributed by atoms with Crippen LogP contribution in [0.3, 0.4) is 0 Å². The summed E-state index contributed by atoms with van der Waals surface area (Å²) in [5, 5.41) is 17.8. The average molecular weight is 439 g/mol. The van der Waals surface area contributed by atoms with E-state index in [0.29, 0.717) is 52.8 Å². The standard InChI is InChI=1S/C21H28Cl2N4O2/c1-3-4-19(25-11-15-5-6-17(22)18(23)9-15)27-21(28)20(14(2)10-24)26-12-16-7-8-29-13-16/h4-6,9-10,16,24-26H,3,7-8,11-13H2,1-2H3,(H,27,28)/b19-4+,20-14-,24-10?. The molecule has 29 heavy (non-hydrogen) atoms. The third-order valence-corrected chi connectivity index (χ3v) is 5.29. The number of benzene rings is 1. The van der Waals surface area contributed by atoms with Gasteiger partial charge in [0.1, 0.15) is 11.5 Å². The van der Waals surface area contributed by atoms with Crippen LogP contribution in [0.2, 0.25) is 10.0 Å². The molecule has 0 aliphatic carbocycles. The van der Waals surface area contributed by atoms with Gasteiger partial charge in [-0.25, -0.2) is 0 Å². The Kier molecular flexibility index (Phi) is 9.51.